The first-order valence-corrected chi connectivity index (χ1v) is 9.33. The van der Waals surface area contributed by atoms with Gasteiger partial charge in [0.15, 0.2) is 17.6 Å². The standard InChI is InChI=1S/C22H25NO6/c1-12-7-15-10-20(29-18(15)8-13(12)2)22(26)23-16(11-21(24)25)14-5-6-17(27-3)19(9-14)28-4/h5-9,16,20H,10-11H2,1-4H3,(H,23,26)(H,24,25)/t16-,20+/m0/s1. The predicted octanol–water partition coefficient (Wildman–Crippen LogP) is 2.96. The molecule has 3 rings (SSSR count). The van der Waals surface area contributed by atoms with Crippen molar-refractivity contribution in [1.29, 1.82) is 0 Å². The molecule has 2 atom stereocenters. The number of hydrogen-bond donors (Lipinski definition) is 2. The Morgan fingerprint density at radius 1 is 1.14 bits per heavy atom. The maximum Gasteiger partial charge on any atom is 0.305 e. The summed E-state index contributed by atoms with van der Waals surface area (Å²) < 4.78 is 16.3. The summed E-state index contributed by atoms with van der Waals surface area (Å²) in [4.78, 5) is 24.2. The maximum atomic E-state index is 12.8. The molecule has 0 unspecified atom stereocenters. The molecule has 2 aromatic rings. The summed E-state index contributed by atoms with van der Waals surface area (Å²) in [5.74, 6) is 0.320. The third-order valence-electron chi connectivity index (χ3n) is 5.15. The van der Waals surface area contributed by atoms with Crippen LogP contribution >= 0.6 is 0 Å². The smallest absolute Gasteiger partial charge is 0.305 e. The zero-order chi connectivity index (χ0) is 21.1. The molecule has 0 radical (unpaired) electrons. The molecule has 2 N–H and O–H groups in total. The van der Waals surface area contributed by atoms with Gasteiger partial charge in [-0.3, -0.25) is 9.59 Å². The highest BCUT2D eigenvalue weighted by molar-refractivity contribution is 5.83. The molecular formula is C22H25NO6. The Kier molecular flexibility index (Phi) is 5.96. The minimum atomic E-state index is -1.02. The molecule has 0 saturated carbocycles. The van der Waals surface area contributed by atoms with E-state index in [4.69, 9.17) is 14.2 Å². The zero-order valence-electron chi connectivity index (χ0n) is 16.9. The maximum absolute atomic E-state index is 12.8. The summed E-state index contributed by atoms with van der Waals surface area (Å²) in [5, 5.41) is 12.1. The topological polar surface area (TPSA) is 94.1 Å². The third kappa shape index (κ3) is 4.45. The second kappa shape index (κ2) is 8.43. The van der Waals surface area contributed by atoms with Gasteiger partial charge in [-0.15, -0.1) is 0 Å². The number of nitrogens with one attached hydrogen (secondary N) is 1. The van der Waals surface area contributed by atoms with Gasteiger partial charge in [0.05, 0.1) is 26.7 Å². The van der Waals surface area contributed by atoms with Gasteiger partial charge in [0.2, 0.25) is 0 Å². The van der Waals surface area contributed by atoms with Crippen molar-refractivity contribution < 1.29 is 28.9 Å². The second-order valence-electron chi connectivity index (χ2n) is 7.13. The van der Waals surface area contributed by atoms with E-state index in [0.717, 1.165) is 16.7 Å². The van der Waals surface area contributed by atoms with Gasteiger partial charge in [-0.1, -0.05) is 12.1 Å². The highest BCUT2D eigenvalue weighted by atomic mass is 16.5. The molecule has 7 nitrogen and oxygen atoms in total. The average molecular weight is 399 g/mol. The number of aliphatic carboxylic acids is 1. The van der Waals surface area contributed by atoms with E-state index in [0.29, 0.717) is 29.2 Å². The lowest BCUT2D eigenvalue weighted by Gasteiger charge is -2.21. The molecule has 0 bridgehead atoms. The van der Waals surface area contributed by atoms with E-state index in [-0.39, 0.29) is 12.3 Å². The van der Waals surface area contributed by atoms with Crippen molar-refractivity contribution in [2.45, 2.75) is 38.8 Å². The minimum absolute atomic E-state index is 0.265. The fourth-order valence-electron chi connectivity index (χ4n) is 3.42. The van der Waals surface area contributed by atoms with E-state index in [1.54, 1.807) is 18.2 Å². The first-order chi connectivity index (χ1) is 13.8. The number of carboxylic acids is 1. The lowest BCUT2D eigenvalue weighted by Crippen LogP contribution is -2.40. The molecule has 0 saturated heterocycles. The predicted molar refractivity (Wildman–Crippen MR) is 107 cm³/mol. The van der Waals surface area contributed by atoms with Crippen LogP contribution in [0.1, 0.15) is 34.7 Å². The molecule has 1 heterocycles. The number of aryl methyl sites for hydroxylation is 2. The molecule has 0 spiro atoms. The third-order valence-corrected chi connectivity index (χ3v) is 5.15. The number of ether oxygens (including phenoxy) is 3. The molecule has 7 heteroatoms. The number of rotatable bonds is 7. The number of carboxylic acid groups (broad SMARTS) is 1. The SMILES string of the molecule is COc1ccc([C@H](CC(=O)O)NC(=O)[C@H]2Cc3cc(C)c(C)cc3O2)cc1OC. The molecule has 1 aliphatic rings. The summed E-state index contributed by atoms with van der Waals surface area (Å²) in [6, 6.07) is 8.30. The van der Waals surface area contributed by atoms with Gasteiger partial charge in [0, 0.05) is 6.42 Å². The number of carbonyl (C=O) groups excluding carboxylic acids is 1. The molecule has 0 aliphatic carbocycles. The Morgan fingerprint density at radius 3 is 2.48 bits per heavy atom. The van der Waals surface area contributed by atoms with Crippen LogP contribution < -0.4 is 19.5 Å². The summed E-state index contributed by atoms with van der Waals surface area (Å²) in [7, 11) is 3.02. The van der Waals surface area contributed by atoms with Gasteiger partial charge in [0.1, 0.15) is 5.75 Å². The lowest BCUT2D eigenvalue weighted by atomic mass is 10.0. The number of carbonyl (C=O) groups is 2. The molecule has 29 heavy (non-hydrogen) atoms. The molecule has 154 valence electrons. The van der Waals surface area contributed by atoms with E-state index in [1.165, 1.54) is 14.2 Å². The van der Waals surface area contributed by atoms with Crippen LogP contribution in [0.25, 0.3) is 0 Å². The van der Waals surface area contributed by atoms with Gasteiger partial charge < -0.3 is 24.6 Å². The Hall–Kier alpha value is -3.22. The molecule has 1 amide bonds. The summed E-state index contributed by atoms with van der Waals surface area (Å²) in [6.45, 7) is 4.01. The van der Waals surface area contributed by atoms with Crippen LogP contribution in [0, 0.1) is 13.8 Å². The Labute approximate surface area is 169 Å². The number of amides is 1. The largest absolute Gasteiger partial charge is 0.493 e. The minimum Gasteiger partial charge on any atom is -0.493 e. The van der Waals surface area contributed by atoms with E-state index in [2.05, 4.69) is 5.32 Å². The van der Waals surface area contributed by atoms with Crippen molar-refractivity contribution >= 4 is 11.9 Å². The number of benzene rings is 2. The van der Waals surface area contributed by atoms with Crippen LogP contribution in [0.3, 0.4) is 0 Å². The zero-order valence-corrected chi connectivity index (χ0v) is 16.9. The number of methoxy groups -OCH3 is 2. The van der Waals surface area contributed by atoms with Crippen LogP contribution in [-0.2, 0) is 16.0 Å². The van der Waals surface area contributed by atoms with Crippen molar-refractivity contribution in [2.75, 3.05) is 14.2 Å². The monoisotopic (exact) mass is 399 g/mol. The molecular weight excluding hydrogens is 374 g/mol. The number of fused-ring (bicyclic) bond motifs is 1. The van der Waals surface area contributed by atoms with Crippen molar-refractivity contribution in [2.24, 2.45) is 0 Å². The Bertz CT molecular complexity index is 908. The summed E-state index contributed by atoms with van der Waals surface area (Å²) in [6.07, 6.45) is -0.504. The summed E-state index contributed by atoms with van der Waals surface area (Å²) in [5.41, 5.74) is 3.83. The molecule has 1 aliphatic heterocycles. The number of hydrogen-bond acceptors (Lipinski definition) is 5. The first-order valence-electron chi connectivity index (χ1n) is 9.33. The van der Waals surface area contributed by atoms with Crippen molar-refractivity contribution in [3.05, 3.63) is 52.6 Å². The van der Waals surface area contributed by atoms with E-state index in [9.17, 15) is 14.7 Å². The second-order valence-corrected chi connectivity index (χ2v) is 7.13. The van der Waals surface area contributed by atoms with Gasteiger partial charge in [-0.2, -0.15) is 0 Å². The van der Waals surface area contributed by atoms with Crippen LogP contribution in [0.5, 0.6) is 17.2 Å². The van der Waals surface area contributed by atoms with Crippen LogP contribution in [-0.4, -0.2) is 37.3 Å². The van der Waals surface area contributed by atoms with E-state index < -0.39 is 18.1 Å². The van der Waals surface area contributed by atoms with Gasteiger partial charge >= 0.3 is 5.97 Å². The summed E-state index contributed by atoms with van der Waals surface area (Å²) >= 11 is 0. The average Bonchev–Trinajstić information content (AvgIpc) is 3.09. The van der Waals surface area contributed by atoms with E-state index >= 15 is 0 Å². The highest BCUT2D eigenvalue weighted by Gasteiger charge is 2.31. The normalized spacial score (nSPS) is 15.8. The van der Waals surface area contributed by atoms with Crippen molar-refractivity contribution in [1.82, 2.24) is 5.32 Å². The van der Waals surface area contributed by atoms with Crippen molar-refractivity contribution in [3.8, 4) is 17.2 Å². The first kappa shape index (κ1) is 20.5. The quantitative estimate of drug-likeness (QED) is 0.743. The highest BCUT2D eigenvalue weighted by Crippen LogP contribution is 2.33. The molecule has 0 fully saturated rings. The molecule has 0 aromatic heterocycles. The van der Waals surface area contributed by atoms with Crippen molar-refractivity contribution in [3.63, 3.8) is 0 Å². The Morgan fingerprint density at radius 2 is 1.83 bits per heavy atom. The van der Waals surface area contributed by atoms with Crippen LogP contribution in [0.4, 0.5) is 0 Å². The van der Waals surface area contributed by atoms with E-state index in [1.807, 2.05) is 26.0 Å². The van der Waals surface area contributed by atoms with Crippen LogP contribution in [0.15, 0.2) is 30.3 Å². The molecule has 2 aromatic carbocycles. The fraction of sp³-hybridized carbons (Fsp3) is 0.364. The van der Waals surface area contributed by atoms with Gasteiger partial charge in [-0.25, -0.2) is 0 Å². The van der Waals surface area contributed by atoms with Gasteiger partial charge in [0.25, 0.3) is 5.91 Å². The van der Waals surface area contributed by atoms with Gasteiger partial charge in [-0.05, 0) is 54.3 Å². The Balaban J connectivity index is 1.79. The van der Waals surface area contributed by atoms with Crippen LogP contribution in [0.2, 0.25) is 0 Å². The fourth-order valence-corrected chi connectivity index (χ4v) is 3.42. The lowest BCUT2D eigenvalue weighted by molar-refractivity contribution is -0.138.